The lowest BCUT2D eigenvalue weighted by Crippen LogP contribution is -2.37. The van der Waals surface area contributed by atoms with Crippen LogP contribution in [0.3, 0.4) is 0 Å². The maximum atomic E-state index is 12.6. The molecule has 8 nitrogen and oxygen atoms in total. The number of hydrogen-bond donors (Lipinski definition) is 1. The van der Waals surface area contributed by atoms with E-state index in [0.717, 1.165) is 15.9 Å². The Morgan fingerprint density at radius 1 is 1.08 bits per heavy atom. The van der Waals surface area contributed by atoms with Crippen molar-refractivity contribution in [2.75, 3.05) is 5.73 Å². The molecule has 0 aliphatic carbocycles. The van der Waals surface area contributed by atoms with E-state index in [0.29, 0.717) is 22.6 Å². The van der Waals surface area contributed by atoms with Gasteiger partial charge in [0.25, 0.3) is 5.56 Å². The van der Waals surface area contributed by atoms with E-state index in [1.165, 1.54) is 11.6 Å². The monoisotopic (exact) mass is 324 g/mol. The summed E-state index contributed by atoms with van der Waals surface area (Å²) in [6.07, 6.45) is 1.82. The van der Waals surface area contributed by atoms with Gasteiger partial charge >= 0.3 is 5.69 Å². The van der Waals surface area contributed by atoms with Crippen molar-refractivity contribution in [3.8, 4) is 5.69 Å². The fraction of sp³-hybridized carbons (Fsp3) is 0.188. The van der Waals surface area contributed by atoms with Gasteiger partial charge in [-0.15, -0.1) is 0 Å². The van der Waals surface area contributed by atoms with Gasteiger partial charge in [-0.2, -0.15) is 4.98 Å². The number of nitrogen functional groups attached to an aromatic ring is 1. The van der Waals surface area contributed by atoms with Crippen LogP contribution in [0, 0.1) is 6.92 Å². The van der Waals surface area contributed by atoms with E-state index in [1.54, 1.807) is 11.4 Å². The van der Waals surface area contributed by atoms with Crippen LogP contribution in [0.1, 0.15) is 5.69 Å². The normalized spacial score (nSPS) is 11.6. The highest BCUT2D eigenvalue weighted by Gasteiger charge is 2.20. The largest absolute Gasteiger partial charge is 0.397 e. The molecule has 0 bridgehead atoms. The minimum Gasteiger partial charge on any atom is -0.397 e. The van der Waals surface area contributed by atoms with Gasteiger partial charge < -0.3 is 5.73 Å². The third-order valence-corrected chi connectivity index (χ3v) is 4.32. The molecule has 1 aromatic carbocycles. The van der Waals surface area contributed by atoms with Gasteiger partial charge in [0.2, 0.25) is 5.78 Å². The van der Waals surface area contributed by atoms with Crippen LogP contribution >= 0.6 is 0 Å². The molecule has 0 aliphatic rings. The van der Waals surface area contributed by atoms with Crippen LogP contribution in [0.25, 0.3) is 22.6 Å². The zero-order valence-corrected chi connectivity index (χ0v) is 13.5. The lowest BCUT2D eigenvalue weighted by molar-refractivity contribution is 0.708. The predicted octanol–water partition coefficient (Wildman–Crippen LogP) is 0.566. The summed E-state index contributed by atoms with van der Waals surface area (Å²) in [7, 11) is 3.06. The molecule has 3 heterocycles. The van der Waals surface area contributed by atoms with Crippen molar-refractivity contribution in [2.45, 2.75) is 6.92 Å². The van der Waals surface area contributed by atoms with Gasteiger partial charge in [-0.1, -0.05) is 12.1 Å². The number of nitrogens with zero attached hydrogens (tertiary/aromatic N) is 5. The van der Waals surface area contributed by atoms with E-state index >= 15 is 0 Å². The molecule has 0 spiro atoms. The Morgan fingerprint density at radius 2 is 1.79 bits per heavy atom. The van der Waals surface area contributed by atoms with E-state index < -0.39 is 5.69 Å². The first kappa shape index (κ1) is 14.3. The van der Waals surface area contributed by atoms with Crippen molar-refractivity contribution in [1.29, 1.82) is 0 Å². The summed E-state index contributed by atoms with van der Waals surface area (Å²) in [6.45, 7) is 1.92. The molecule has 0 unspecified atom stereocenters. The van der Waals surface area contributed by atoms with Crippen LogP contribution < -0.4 is 17.0 Å². The highest BCUT2D eigenvalue weighted by atomic mass is 16.2. The summed E-state index contributed by atoms with van der Waals surface area (Å²) in [5.41, 5.74) is 8.29. The molecule has 0 radical (unpaired) electrons. The first-order valence-electron chi connectivity index (χ1n) is 7.43. The van der Waals surface area contributed by atoms with Crippen LogP contribution in [0.2, 0.25) is 0 Å². The summed E-state index contributed by atoms with van der Waals surface area (Å²) in [5.74, 6) is 0.540. The standard InChI is InChI=1S/C16H16N6O2/c1-9-8-21-12-13(19(2)16(24)20(3)14(12)23)18-15(21)22(9)11-7-5-4-6-10(11)17/h4-8H,17H2,1-3H3. The molecule has 0 saturated heterocycles. The number of para-hydroxylation sites is 2. The number of rotatable bonds is 1. The third-order valence-electron chi connectivity index (χ3n) is 4.32. The van der Waals surface area contributed by atoms with Crippen molar-refractivity contribution < 1.29 is 0 Å². The van der Waals surface area contributed by atoms with Crippen LogP contribution in [0.4, 0.5) is 5.69 Å². The van der Waals surface area contributed by atoms with Gasteiger partial charge in [-0.3, -0.25) is 22.9 Å². The Labute approximate surface area is 136 Å². The zero-order valence-electron chi connectivity index (χ0n) is 13.5. The predicted molar refractivity (Wildman–Crippen MR) is 91.7 cm³/mol. The summed E-state index contributed by atoms with van der Waals surface area (Å²) in [4.78, 5) is 29.2. The zero-order chi connectivity index (χ0) is 17.2. The Hall–Kier alpha value is -3.29. The lowest BCUT2D eigenvalue weighted by atomic mass is 10.2. The maximum absolute atomic E-state index is 12.6. The molecule has 0 fully saturated rings. The summed E-state index contributed by atoms with van der Waals surface area (Å²) in [6, 6.07) is 7.44. The molecule has 24 heavy (non-hydrogen) atoms. The molecule has 4 rings (SSSR count). The fourth-order valence-corrected chi connectivity index (χ4v) is 3.07. The van der Waals surface area contributed by atoms with Crippen molar-refractivity contribution in [3.63, 3.8) is 0 Å². The van der Waals surface area contributed by atoms with E-state index in [-0.39, 0.29) is 5.56 Å². The SMILES string of the molecule is Cc1cn2c3c(=O)n(C)c(=O)n(C)c3nc2n1-c1ccccc1N. The average Bonchev–Trinajstić information content (AvgIpc) is 3.06. The van der Waals surface area contributed by atoms with Gasteiger partial charge in [-0.05, 0) is 19.1 Å². The quantitative estimate of drug-likeness (QED) is 0.518. The molecule has 2 N–H and O–H groups in total. The van der Waals surface area contributed by atoms with Crippen molar-refractivity contribution >= 4 is 22.6 Å². The molecular weight excluding hydrogens is 308 g/mol. The number of hydrogen-bond acceptors (Lipinski definition) is 4. The summed E-state index contributed by atoms with van der Waals surface area (Å²) < 4.78 is 6.04. The average molecular weight is 324 g/mol. The summed E-state index contributed by atoms with van der Waals surface area (Å²) >= 11 is 0. The first-order valence-corrected chi connectivity index (χ1v) is 7.43. The second-order valence-corrected chi connectivity index (χ2v) is 5.82. The van der Waals surface area contributed by atoms with E-state index in [2.05, 4.69) is 4.98 Å². The minimum atomic E-state index is -0.407. The van der Waals surface area contributed by atoms with Crippen LogP contribution in [-0.2, 0) is 14.1 Å². The van der Waals surface area contributed by atoms with E-state index in [9.17, 15) is 9.59 Å². The maximum Gasteiger partial charge on any atom is 0.332 e. The number of aromatic nitrogens is 5. The van der Waals surface area contributed by atoms with Gasteiger partial charge in [-0.25, -0.2) is 4.79 Å². The number of anilines is 1. The molecule has 4 aromatic rings. The highest BCUT2D eigenvalue weighted by Crippen LogP contribution is 2.24. The number of fused-ring (bicyclic) bond motifs is 3. The number of aryl methyl sites for hydroxylation is 2. The van der Waals surface area contributed by atoms with Crippen molar-refractivity contribution in [3.05, 3.63) is 57.0 Å². The molecule has 8 heteroatoms. The molecule has 0 atom stereocenters. The van der Waals surface area contributed by atoms with Gasteiger partial charge in [0.05, 0.1) is 11.4 Å². The molecule has 0 amide bonds. The Balaban J connectivity index is 2.24. The lowest BCUT2D eigenvalue weighted by Gasteiger charge is -2.08. The number of nitrogens with two attached hydrogens (primary N) is 1. The second-order valence-electron chi connectivity index (χ2n) is 5.82. The summed E-state index contributed by atoms with van der Waals surface area (Å²) in [5, 5.41) is 0. The van der Waals surface area contributed by atoms with E-state index in [1.807, 2.05) is 42.0 Å². The van der Waals surface area contributed by atoms with Crippen LogP contribution in [-0.4, -0.2) is 23.1 Å². The first-order chi connectivity index (χ1) is 11.4. The van der Waals surface area contributed by atoms with Gasteiger partial charge in [0.1, 0.15) is 0 Å². The fourth-order valence-electron chi connectivity index (χ4n) is 3.07. The van der Waals surface area contributed by atoms with Crippen LogP contribution in [0.5, 0.6) is 0 Å². The second kappa shape index (κ2) is 4.60. The Kier molecular flexibility index (Phi) is 2.75. The number of benzene rings is 1. The van der Waals surface area contributed by atoms with Gasteiger partial charge in [0, 0.05) is 26.0 Å². The molecule has 3 aromatic heterocycles. The molecule has 122 valence electrons. The smallest absolute Gasteiger partial charge is 0.332 e. The van der Waals surface area contributed by atoms with Crippen molar-refractivity contribution in [1.82, 2.24) is 23.1 Å². The third kappa shape index (κ3) is 1.65. The van der Waals surface area contributed by atoms with E-state index in [4.69, 9.17) is 5.73 Å². The minimum absolute atomic E-state index is 0.348. The van der Waals surface area contributed by atoms with Crippen LogP contribution in [0.15, 0.2) is 40.1 Å². The molecule has 0 saturated carbocycles. The molecular formula is C16H16N6O2. The number of imidazole rings is 2. The van der Waals surface area contributed by atoms with Crippen molar-refractivity contribution in [2.24, 2.45) is 14.1 Å². The Morgan fingerprint density at radius 3 is 2.50 bits per heavy atom. The Bertz CT molecular complexity index is 1240. The topological polar surface area (TPSA) is 92.2 Å². The molecule has 0 aliphatic heterocycles. The van der Waals surface area contributed by atoms with Gasteiger partial charge in [0.15, 0.2) is 11.2 Å². The highest BCUT2D eigenvalue weighted by molar-refractivity contribution is 5.77.